The molecule has 0 heterocycles. The molecule has 0 aliphatic carbocycles. The van der Waals surface area contributed by atoms with E-state index in [1.807, 2.05) is 0 Å². The summed E-state index contributed by atoms with van der Waals surface area (Å²) in [4.78, 5) is 1.79. The van der Waals surface area contributed by atoms with Gasteiger partial charge in [0.2, 0.25) is 0 Å². The maximum atomic E-state index is 8.48. The van der Waals surface area contributed by atoms with E-state index in [1.165, 1.54) is 0 Å². The van der Waals surface area contributed by atoms with Gasteiger partial charge < -0.3 is 26.3 Å². The van der Waals surface area contributed by atoms with Gasteiger partial charge in [-0.1, -0.05) is 0 Å². The Kier molecular flexibility index (Phi) is 32.9. The molecule has 0 rings (SSSR count). The second kappa shape index (κ2) is 18.3. The van der Waals surface area contributed by atoms with Gasteiger partial charge in [0, 0.05) is 19.6 Å². The van der Waals surface area contributed by atoms with Gasteiger partial charge in [0.05, 0.1) is 19.8 Å². The van der Waals surface area contributed by atoms with Crippen LogP contribution in [0.4, 0.5) is 0 Å². The van der Waals surface area contributed by atoms with E-state index in [0.29, 0.717) is 19.6 Å². The average Bonchev–Trinajstić information content (AvgIpc) is 1.90. The van der Waals surface area contributed by atoms with Crippen molar-refractivity contribution in [3.8, 4) is 0 Å². The van der Waals surface area contributed by atoms with Crippen molar-refractivity contribution >= 4 is 0 Å². The minimum atomic E-state index is 0. The summed E-state index contributed by atoms with van der Waals surface area (Å²) in [6.07, 6.45) is 0. The van der Waals surface area contributed by atoms with Gasteiger partial charge in [0.15, 0.2) is 0 Å². The van der Waals surface area contributed by atoms with Gasteiger partial charge in [-0.3, -0.25) is 4.90 Å². The first kappa shape index (κ1) is 23.4. The van der Waals surface area contributed by atoms with E-state index >= 15 is 0 Å². The van der Waals surface area contributed by atoms with Crippen LogP contribution in [0.1, 0.15) is 0 Å². The van der Waals surface area contributed by atoms with E-state index in [9.17, 15) is 0 Å². The molecule has 0 radical (unpaired) electrons. The van der Waals surface area contributed by atoms with Crippen molar-refractivity contribution in [1.82, 2.24) is 4.90 Å². The quantitative estimate of drug-likeness (QED) is 0.457. The third-order valence-electron chi connectivity index (χ3n) is 1.25. The molecule has 78 valence electrons. The summed E-state index contributed by atoms with van der Waals surface area (Å²) in [5.74, 6) is 0. The second-order valence-electron chi connectivity index (χ2n) is 2.01. The number of aliphatic hydroxyl groups excluding tert-OH is 3. The van der Waals surface area contributed by atoms with Gasteiger partial charge >= 0.3 is 21.7 Å². The van der Waals surface area contributed by atoms with Gasteiger partial charge in [-0.15, -0.1) is 0 Å². The molecule has 0 amide bonds. The van der Waals surface area contributed by atoms with E-state index in [0.717, 1.165) is 0 Å². The number of hydrogen-bond acceptors (Lipinski definition) is 4. The predicted octanol–water partition coefficient (Wildman–Crippen LogP) is -1.97. The minimum Gasteiger partial charge on any atom is -2.00 e. The van der Waals surface area contributed by atoms with Crippen molar-refractivity contribution in [2.45, 2.75) is 0 Å². The standard InChI is InChI=1S/C6H15NO3.2O.Ti/c8-4-1-7(2-5-9)3-6-10;;;/h8-10H,1-6H2;;;/q;2*-2;+4. The fourth-order valence-corrected chi connectivity index (χ4v) is 0.760. The molecule has 0 spiro atoms. The van der Waals surface area contributed by atoms with Crippen LogP contribution in [0, 0.1) is 0 Å². The number of rotatable bonds is 6. The smallest absolute Gasteiger partial charge is 2.00 e. The molecule has 0 aliphatic heterocycles. The van der Waals surface area contributed by atoms with Crippen LogP contribution in [0.5, 0.6) is 0 Å². The van der Waals surface area contributed by atoms with Crippen LogP contribution in [0.2, 0.25) is 0 Å². The van der Waals surface area contributed by atoms with Crippen molar-refractivity contribution < 1.29 is 48.0 Å². The Morgan fingerprint density at radius 2 is 0.923 bits per heavy atom. The second-order valence-corrected chi connectivity index (χ2v) is 2.01. The van der Waals surface area contributed by atoms with E-state index < -0.39 is 0 Å². The maximum absolute atomic E-state index is 8.48. The van der Waals surface area contributed by atoms with E-state index in [2.05, 4.69) is 0 Å². The van der Waals surface area contributed by atoms with Crippen molar-refractivity contribution in [3.63, 3.8) is 0 Å². The molecular weight excluding hydrogens is 214 g/mol. The molecule has 0 saturated heterocycles. The molecule has 0 atom stereocenters. The Bertz CT molecular complexity index is 63.8. The zero-order valence-electron chi connectivity index (χ0n) is 7.35. The summed E-state index contributed by atoms with van der Waals surface area (Å²) in [6, 6.07) is 0. The van der Waals surface area contributed by atoms with Crippen LogP contribution in [-0.2, 0) is 32.7 Å². The molecule has 0 aromatic heterocycles. The maximum Gasteiger partial charge on any atom is 4.00 e. The summed E-state index contributed by atoms with van der Waals surface area (Å²) in [5, 5.41) is 25.5. The molecular formula is C6H15NO5Ti. The largest absolute Gasteiger partial charge is 4.00 e. The zero-order valence-corrected chi connectivity index (χ0v) is 8.91. The number of aliphatic hydroxyl groups is 3. The molecule has 0 unspecified atom stereocenters. The third-order valence-corrected chi connectivity index (χ3v) is 1.25. The van der Waals surface area contributed by atoms with Crippen molar-refractivity contribution in [2.75, 3.05) is 39.5 Å². The van der Waals surface area contributed by atoms with Gasteiger partial charge in [0.25, 0.3) is 0 Å². The number of nitrogens with zero attached hydrogens (tertiary/aromatic N) is 1. The molecule has 0 bridgehead atoms. The Labute approximate surface area is 92.7 Å². The summed E-state index contributed by atoms with van der Waals surface area (Å²) in [7, 11) is 0. The third kappa shape index (κ3) is 15.2. The normalized spacial score (nSPS) is 8.31. The molecule has 0 aromatic rings. The molecule has 0 saturated carbocycles. The Balaban J connectivity index is -0.000000135. The van der Waals surface area contributed by atoms with E-state index in [4.69, 9.17) is 15.3 Å². The fraction of sp³-hybridized carbons (Fsp3) is 1.00. The first-order valence-corrected chi connectivity index (χ1v) is 3.40. The van der Waals surface area contributed by atoms with Crippen LogP contribution in [0.25, 0.3) is 0 Å². The molecule has 0 fully saturated rings. The predicted molar refractivity (Wildman–Crippen MR) is 39.1 cm³/mol. The van der Waals surface area contributed by atoms with Crippen LogP contribution in [0.15, 0.2) is 0 Å². The van der Waals surface area contributed by atoms with Gasteiger partial charge in [-0.25, -0.2) is 0 Å². The zero-order chi connectivity index (χ0) is 7.82. The molecule has 0 aliphatic rings. The molecule has 6 nitrogen and oxygen atoms in total. The van der Waals surface area contributed by atoms with Crippen molar-refractivity contribution in [1.29, 1.82) is 0 Å². The molecule has 3 N–H and O–H groups in total. The van der Waals surface area contributed by atoms with Crippen LogP contribution in [0.3, 0.4) is 0 Å². The number of hydrogen-bond donors (Lipinski definition) is 3. The SMILES string of the molecule is OCCN(CCO)CCO.[O-2].[O-2].[Ti+4]. The summed E-state index contributed by atoms with van der Waals surface area (Å²) in [5.41, 5.74) is 0. The minimum absolute atomic E-state index is 0. The van der Waals surface area contributed by atoms with Crippen LogP contribution >= 0.6 is 0 Å². The monoisotopic (exact) mass is 229 g/mol. The Hall–Kier alpha value is 0.474. The van der Waals surface area contributed by atoms with Crippen molar-refractivity contribution in [3.05, 3.63) is 0 Å². The Morgan fingerprint density at radius 1 is 0.692 bits per heavy atom. The molecule has 7 heteroatoms. The fourth-order valence-electron chi connectivity index (χ4n) is 0.760. The van der Waals surface area contributed by atoms with Gasteiger partial charge in [0.1, 0.15) is 0 Å². The van der Waals surface area contributed by atoms with Crippen molar-refractivity contribution in [2.24, 2.45) is 0 Å². The first-order valence-electron chi connectivity index (χ1n) is 3.40. The summed E-state index contributed by atoms with van der Waals surface area (Å²) < 4.78 is 0. The average molecular weight is 229 g/mol. The van der Waals surface area contributed by atoms with Crippen LogP contribution in [-0.4, -0.2) is 59.7 Å². The Morgan fingerprint density at radius 3 is 1.08 bits per heavy atom. The van der Waals surface area contributed by atoms with E-state index in [1.54, 1.807) is 4.90 Å². The molecule has 13 heavy (non-hydrogen) atoms. The summed E-state index contributed by atoms with van der Waals surface area (Å²) >= 11 is 0. The summed E-state index contributed by atoms with van der Waals surface area (Å²) in [6.45, 7) is 1.75. The first-order chi connectivity index (χ1) is 4.85. The van der Waals surface area contributed by atoms with Gasteiger partial charge in [-0.2, -0.15) is 0 Å². The molecule has 0 aromatic carbocycles. The van der Waals surface area contributed by atoms with Gasteiger partial charge in [-0.05, 0) is 0 Å². The topological polar surface area (TPSA) is 121 Å². The van der Waals surface area contributed by atoms with E-state index in [-0.39, 0.29) is 52.5 Å². The van der Waals surface area contributed by atoms with Crippen LogP contribution < -0.4 is 0 Å².